The highest BCUT2D eigenvalue weighted by atomic mass is 16.5. The number of likely N-dealkylation sites (N-methyl/N-ethyl adjacent to an activating group) is 1. The lowest BCUT2D eigenvalue weighted by Gasteiger charge is -2.37. The zero-order valence-corrected chi connectivity index (χ0v) is 13.4. The summed E-state index contributed by atoms with van der Waals surface area (Å²) in [6.45, 7) is 4.40. The molecule has 0 aliphatic carbocycles. The van der Waals surface area contributed by atoms with Crippen molar-refractivity contribution in [2.24, 2.45) is 0 Å². The summed E-state index contributed by atoms with van der Waals surface area (Å²) >= 11 is 0. The standard InChI is InChI=1S/C16H20N6O/c1-12-19-15(20-23-12)11-22-8-4-6-14(10-22)21(2)16-13(9-17)5-3-7-18-16/h3,5,7,14H,4,6,8,10-11H2,1-2H3/t14-/m0/s1. The van der Waals surface area contributed by atoms with Crippen LogP contribution in [0.4, 0.5) is 5.82 Å². The lowest BCUT2D eigenvalue weighted by molar-refractivity contribution is 0.192. The molecule has 23 heavy (non-hydrogen) atoms. The monoisotopic (exact) mass is 312 g/mol. The summed E-state index contributed by atoms with van der Waals surface area (Å²) in [6.07, 6.45) is 3.91. The van der Waals surface area contributed by atoms with Crippen LogP contribution in [0.3, 0.4) is 0 Å². The van der Waals surface area contributed by atoms with Gasteiger partial charge in [0.25, 0.3) is 0 Å². The molecule has 1 atom stereocenters. The van der Waals surface area contributed by atoms with Crippen molar-refractivity contribution >= 4 is 5.82 Å². The minimum Gasteiger partial charge on any atom is -0.354 e. The van der Waals surface area contributed by atoms with Crippen LogP contribution >= 0.6 is 0 Å². The first-order valence-corrected chi connectivity index (χ1v) is 7.77. The van der Waals surface area contributed by atoms with Gasteiger partial charge in [0.15, 0.2) is 5.82 Å². The van der Waals surface area contributed by atoms with Crippen LogP contribution in [0.2, 0.25) is 0 Å². The Balaban J connectivity index is 1.69. The van der Waals surface area contributed by atoms with Gasteiger partial charge in [-0.15, -0.1) is 0 Å². The Labute approximate surface area is 135 Å². The van der Waals surface area contributed by atoms with E-state index in [9.17, 15) is 5.26 Å². The van der Waals surface area contributed by atoms with E-state index >= 15 is 0 Å². The third-order valence-corrected chi connectivity index (χ3v) is 4.20. The van der Waals surface area contributed by atoms with Crippen LogP contribution in [0.1, 0.15) is 30.1 Å². The van der Waals surface area contributed by atoms with E-state index < -0.39 is 0 Å². The van der Waals surface area contributed by atoms with Crippen LogP contribution in [0, 0.1) is 18.3 Å². The fraction of sp³-hybridized carbons (Fsp3) is 0.500. The molecule has 120 valence electrons. The van der Waals surface area contributed by atoms with Gasteiger partial charge in [-0.25, -0.2) is 4.98 Å². The van der Waals surface area contributed by atoms with Crippen molar-refractivity contribution < 1.29 is 4.52 Å². The van der Waals surface area contributed by atoms with Gasteiger partial charge in [0.05, 0.1) is 12.1 Å². The minimum absolute atomic E-state index is 0.318. The highest BCUT2D eigenvalue weighted by molar-refractivity contribution is 5.53. The predicted molar refractivity (Wildman–Crippen MR) is 84.7 cm³/mol. The second-order valence-corrected chi connectivity index (χ2v) is 5.86. The lowest BCUT2D eigenvalue weighted by Crippen LogP contribution is -2.46. The average Bonchev–Trinajstić information content (AvgIpc) is 2.99. The van der Waals surface area contributed by atoms with Gasteiger partial charge in [-0.3, -0.25) is 4.90 Å². The molecule has 2 aromatic rings. The van der Waals surface area contributed by atoms with Crippen molar-refractivity contribution in [1.82, 2.24) is 20.0 Å². The SMILES string of the molecule is Cc1nc(CN2CCC[C@H](N(C)c3ncccc3C#N)C2)no1. The predicted octanol–water partition coefficient (Wildman–Crippen LogP) is 1.75. The Morgan fingerprint density at radius 2 is 2.39 bits per heavy atom. The van der Waals surface area contributed by atoms with Crippen LogP contribution in [0.5, 0.6) is 0 Å². The molecule has 0 bridgehead atoms. The molecule has 0 spiro atoms. The first-order chi connectivity index (χ1) is 11.2. The van der Waals surface area contributed by atoms with E-state index in [1.54, 1.807) is 19.2 Å². The number of anilines is 1. The zero-order chi connectivity index (χ0) is 16.2. The van der Waals surface area contributed by atoms with E-state index in [-0.39, 0.29) is 0 Å². The van der Waals surface area contributed by atoms with Crippen LogP contribution in [0.25, 0.3) is 0 Å². The number of hydrogen-bond donors (Lipinski definition) is 0. The largest absolute Gasteiger partial charge is 0.354 e. The smallest absolute Gasteiger partial charge is 0.223 e. The fourth-order valence-electron chi connectivity index (χ4n) is 3.03. The highest BCUT2D eigenvalue weighted by Gasteiger charge is 2.26. The van der Waals surface area contributed by atoms with Gasteiger partial charge >= 0.3 is 0 Å². The summed E-state index contributed by atoms with van der Waals surface area (Å²) in [4.78, 5) is 13.1. The maximum Gasteiger partial charge on any atom is 0.223 e. The number of rotatable bonds is 4. The number of nitriles is 1. The number of pyridine rings is 1. The third kappa shape index (κ3) is 3.48. The Hall–Kier alpha value is -2.46. The normalized spacial score (nSPS) is 18.6. The molecular weight excluding hydrogens is 292 g/mol. The van der Waals surface area contributed by atoms with Crippen LogP contribution in [-0.2, 0) is 6.54 Å². The zero-order valence-electron chi connectivity index (χ0n) is 13.4. The molecule has 1 saturated heterocycles. The van der Waals surface area contributed by atoms with Crippen molar-refractivity contribution in [2.75, 3.05) is 25.0 Å². The number of aromatic nitrogens is 3. The van der Waals surface area contributed by atoms with Gasteiger partial charge in [-0.05, 0) is 31.5 Å². The van der Waals surface area contributed by atoms with Crippen molar-refractivity contribution in [3.63, 3.8) is 0 Å². The maximum absolute atomic E-state index is 9.26. The average molecular weight is 312 g/mol. The van der Waals surface area contributed by atoms with E-state index in [0.717, 1.165) is 37.6 Å². The van der Waals surface area contributed by atoms with Gasteiger partial charge in [-0.2, -0.15) is 10.2 Å². The first-order valence-electron chi connectivity index (χ1n) is 7.77. The van der Waals surface area contributed by atoms with E-state index in [1.165, 1.54) is 0 Å². The second-order valence-electron chi connectivity index (χ2n) is 5.86. The topological polar surface area (TPSA) is 82.1 Å². The molecular formula is C16H20N6O. The number of aryl methyl sites for hydroxylation is 1. The van der Waals surface area contributed by atoms with E-state index in [0.29, 0.717) is 24.0 Å². The Morgan fingerprint density at radius 1 is 1.52 bits per heavy atom. The molecule has 0 unspecified atom stereocenters. The number of nitrogens with zero attached hydrogens (tertiary/aromatic N) is 6. The van der Waals surface area contributed by atoms with Crippen molar-refractivity contribution in [2.45, 2.75) is 32.4 Å². The van der Waals surface area contributed by atoms with Crippen LogP contribution in [-0.4, -0.2) is 46.2 Å². The summed E-state index contributed by atoms with van der Waals surface area (Å²) in [5.41, 5.74) is 0.612. The van der Waals surface area contributed by atoms with Crippen molar-refractivity contribution in [3.8, 4) is 6.07 Å². The summed E-state index contributed by atoms with van der Waals surface area (Å²) in [5.74, 6) is 2.07. The number of likely N-dealkylation sites (tertiary alicyclic amines) is 1. The molecule has 3 heterocycles. The molecule has 0 amide bonds. The molecule has 7 nitrogen and oxygen atoms in total. The van der Waals surface area contributed by atoms with Crippen molar-refractivity contribution in [3.05, 3.63) is 35.6 Å². The molecule has 0 radical (unpaired) electrons. The lowest BCUT2D eigenvalue weighted by atomic mass is 10.0. The van der Waals surface area contributed by atoms with Crippen molar-refractivity contribution in [1.29, 1.82) is 5.26 Å². The molecule has 2 aromatic heterocycles. The maximum atomic E-state index is 9.26. The summed E-state index contributed by atoms with van der Waals surface area (Å²) in [7, 11) is 2.01. The molecule has 1 aliphatic heterocycles. The Kier molecular flexibility index (Phi) is 4.53. The van der Waals surface area contributed by atoms with E-state index in [1.807, 2.05) is 13.1 Å². The van der Waals surface area contributed by atoms with Gasteiger partial charge in [0.1, 0.15) is 11.9 Å². The second kappa shape index (κ2) is 6.75. The highest BCUT2D eigenvalue weighted by Crippen LogP contribution is 2.23. The van der Waals surface area contributed by atoms with Crippen LogP contribution in [0.15, 0.2) is 22.9 Å². The quantitative estimate of drug-likeness (QED) is 0.850. The minimum atomic E-state index is 0.318. The molecule has 0 saturated carbocycles. The molecule has 3 rings (SSSR count). The van der Waals surface area contributed by atoms with Gasteiger partial charge < -0.3 is 9.42 Å². The van der Waals surface area contributed by atoms with Gasteiger partial charge in [0, 0.05) is 32.8 Å². The number of piperidine rings is 1. The van der Waals surface area contributed by atoms with Gasteiger partial charge in [-0.1, -0.05) is 5.16 Å². The summed E-state index contributed by atoms with van der Waals surface area (Å²) in [6, 6.07) is 6.14. The molecule has 0 N–H and O–H groups in total. The Morgan fingerprint density at radius 3 is 3.13 bits per heavy atom. The molecule has 1 aliphatic rings. The van der Waals surface area contributed by atoms with E-state index in [4.69, 9.17) is 4.52 Å². The number of hydrogen-bond acceptors (Lipinski definition) is 7. The fourth-order valence-corrected chi connectivity index (χ4v) is 3.03. The first kappa shape index (κ1) is 15.4. The molecule has 0 aromatic carbocycles. The van der Waals surface area contributed by atoms with Gasteiger partial charge in [0.2, 0.25) is 5.89 Å². The summed E-state index contributed by atoms with van der Waals surface area (Å²) < 4.78 is 5.04. The molecule has 7 heteroatoms. The van der Waals surface area contributed by atoms with E-state index in [2.05, 4.69) is 31.0 Å². The summed E-state index contributed by atoms with van der Waals surface area (Å²) in [5, 5.41) is 13.2. The molecule has 1 fully saturated rings. The Bertz CT molecular complexity index is 707. The van der Waals surface area contributed by atoms with Crippen LogP contribution < -0.4 is 4.90 Å². The third-order valence-electron chi connectivity index (χ3n) is 4.20.